The van der Waals surface area contributed by atoms with E-state index in [0.717, 1.165) is 13.3 Å². The van der Waals surface area contributed by atoms with Crippen molar-refractivity contribution >= 4 is 11.7 Å². The van der Waals surface area contributed by atoms with Gasteiger partial charge in [0.25, 0.3) is 6.43 Å². The van der Waals surface area contributed by atoms with E-state index in [1.165, 1.54) is 0 Å². The number of esters is 1. The number of carbonyl (C=O) groups is 1. The summed E-state index contributed by atoms with van der Waals surface area (Å²) in [6.45, 7) is 0. The molecule has 0 amide bonds. The summed E-state index contributed by atoms with van der Waals surface area (Å²) in [5, 5.41) is 0. The van der Waals surface area contributed by atoms with Crippen LogP contribution in [-0.2, 0) is 16.0 Å². The molecule has 0 fully saturated rings. The molecule has 2 N–H and O–H groups in total. The van der Waals surface area contributed by atoms with E-state index in [-0.39, 0.29) is 12.0 Å². The van der Waals surface area contributed by atoms with E-state index in [0.29, 0.717) is 0 Å². The lowest BCUT2D eigenvalue weighted by molar-refractivity contribution is -0.139. The molecule has 0 aliphatic carbocycles. The van der Waals surface area contributed by atoms with Crippen LogP contribution in [0.3, 0.4) is 0 Å². The predicted octanol–water partition coefficient (Wildman–Crippen LogP) is 1.46. The number of nitrogens with two attached hydrogens (primary N) is 1. The lowest BCUT2D eigenvalue weighted by atomic mass is 10.1. The van der Waals surface area contributed by atoms with Gasteiger partial charge < -0.3 is 10.5 Å². The van der Waals surface area contributed by atoms with Gasteiger partial charge in [-0.25, -0.2) is 13.2 Å². The largest absolute Gasteiger partial charge is 0.469 e. The van der Waals surface area contributed by atoms with Gasteiger partial charge in [0, 0.05) is 11.8 Å². The van der Waals surface area contributed by atoms with Crippen molar-refractivity contribution in [2.75, 3.05) is 12.8 Å². The zero-order valence-electron chi connectivity index (χ0n) is 8.34. The summed E-state index contributed by atoms with van der Waals surface area (Å²) in [4.78, 5) is 14.1. The summed E-state index contributed by atoms with van der Waals surface area (Å²) in [5.41, 5.74) is 3.76. The molecule has 1 aromatic heterocycles. The maximum absolute atomic E-state index is 13.2. The fourth-order valence-electron chi connectivity index (χ4n) is 1.07. The van der Waals surface area contributed by atoms with Gasteiger partial charge in [-0.3, -0.25) is 9.78 Å². The van der Waals surface area contributed by atoms with E-state index in [1.54, 1.807) is 0 Å². The number of pyridine rings is 1. The molecule has 0 unspecified atom stereocenters. The van der Waals surface area contributed by atoms with E-state index in [4.69, 9.17) is 5.73 Å². The van der Waals surface area contributed by atoms with E-state index in [9.17, 15) is 18.0 Å². The second kappa shape index (κ2) is 4.82. The van der Waals surface area contributed by atoms with Crippen molar-refractivity contribution in [3.63, 3.8) is 0 Å². The van der Waals surface area contributed by atoms with Crippen LogP contribution in [0.5, 0.6) is 0 Å². The third-order valence-corrected chi connectivity index (χ3v) is 1.94. The number of ether oxygens (including phenoxy) is 1. The van der Waals surface area contributed by atoms with Crippen molar-refractivity contribution in [2.45, 2.75) is 12.8 Å². The van der Waals surface area contributed by atoms with Crippen LogP contribution >= 0.6 is 0 Å². The molecule has 1 heterocycles. The molecular formula is C9H9F3N2O2. The van der Waals surface area contributed by atoms with Crippen molar-refractivity contribution in [3.8, 4) is 0 Å². The highest BCUT2D eigenvalue weighted by Gasteiger charge is 2.20. The lowest BCUT2D eigenvalue weighted by Crippen LogP contribution is -2.10. The highest BCUT2D eigenvalue weighted by atomic mass is 19.3. The Bertz CT molecular complexity index is 410. The molecule has 0 atom stereocenters. The van der Waals surface area contributed by atoms with Gasteiger partial charge in [-0.05, 0) is 0 Å². The molecule has 0 aliphatic heterocycles. The van der Waals surface area contributed by atoms with Crippen molar-refractivity contribution in [1.29, 1.82) is 0 Å². The minimum atomic E-state index is -3.05. The first-order valence-corrected chi connectivity index (χ1v) is 4.25. The molecule has 0 radical (unpaired) electrons. The number of nitrogens with zero attached hydrogens (tertiary/aromatic N) is 1. The molecule has 1 rings (SSSR count). The smallest absolute Gasteiger partial charge is 0.310 e. The molecule has 16 heavy (non-hydrogen) atoms. The third-order valence-electron chi connectivity index (χ3n) is 1.94. The van der Waals surface area contributed by atoms with Crippen molar-refractivity contribution in [1.82, 2.24) is 4.98 Å². The number of aromatic nitrogens is 1. The number of hydrogen-bond acceptors (Lipinski definition) is 4. The van der Waals surface area contributed by atoms with E-state index in [1.807, 2.05) is 0 Å². The number of hydrogen-bond donors (Lipinski definition) is 1. The average Bonchev–Trinajstić information content (AvgIpc) is 2.24. The zero-order valence-corrected chi connectivity index (χ0v) is 8.34. The van der Waals surface area contributed by atoms with Crippen molar-refractivity contribution in [2.24, 2.45) is 0 Å². The van der Waals surface area contributed by atoms with Crippen LogP contribution in [0.1, 0.15) is 17.7 Å². The molecule has 0 saturated carbocycles. The molecule has 1 aromatic rings. The Balaban J connectivity index is 3.07. The third kappa shape index (κ3) is 2.41. The Labute approximate surface area is 89.2 Å². The number of anilines is 1. The van der Waals surface area contributed by atoms with E-state index in [2.05, 4.69) is 9.72 Å². The quantitative estimate of drug-likeness (QED) is 0.804. The highest BCUT2D eigenvalue weighted by Crippen LogP contribution is 2.25. The topological polar surface area (TPSA) is 65.2 Å². The molecule has 7 heteroatoms. The maximum Gasteiger partial charge on any atom is 0.310 e. The first kappa shape index (κ1) is 12.3. The van der Waals surface area contributed by atoms with Gasteiger partial charge in [-0.15, -0.1) is 0 Å². The standard InChI is InChI=1S/C9H9F3N2O2/c1-16-5(15)2-4-3-14-8(9(11)12)6(10)7(4)13/h3,9H,2H2,1H3,(H2,13,14). The lowest BCUT2D eigenvalue weighted by Gasteiger charge is -2.08. The van der Waals surface area contributed by atoms with Gasteiger partial charge in [-0.1, -0.05) is 0 Å². The summed E-state index contributed by atoms with van der Waals surface area (Å²) < 4.78 is 42.0. The molecule has 0 spiro atoms. The van der Waals surface area contributed by atoms with Crippen LogP contribution in [0.25, 0.3) is 0 Å². The Hall–Kier alpha value is -1.79. The number of alkyl halides is 2. The number of halogens is 3. The van der Waals surface area contributed by atoms with Crippen LogP contribution in [0.15, 0.2) is 6.20 Å². The Morgan fingerprint density at radius 2 is 2.25 bits per heavy atom. The minimum Gasteiger partial charge on any atom is -0.469 e. The second-order valence-corrected chi connectivity index (χ2v) is 2.95. The number of carbonyl (C=O) groups excluding carboxylic acids is 1. The normalized spacial score (nSPS) is 10.6. The predicted molar refractivity (Wildman–Crippen MR) is 49.3 cm³/mol. The highest BCUT2D eigenvalue weighted by molar-refractivity contribution is 5.74. The maximum atomic E-state index is 13.2. The molecule has 88 valence electrons. The molecule has 0 bridgehead atoms. The molecular weight excluding hydrogens is 225 g/mol. The van der Waals surface area contributed by atoms with Gasteiger partial charge in [-0.2, -0.15) is 0 Å². The van der Waals surface area contributed by atoms with Crippen molar-refractivity contribution in [3.05, 3.63) is 23.3 Å². The van der Waals surface area contributed by atoms with Gasteiger partial charge in [0.05, 0.1) is 19.2 Å². The Morgan fingerprint density at radius 1 is 1.62 bits per heavy atom. The van der Waals surface area contributed by atoms with Gasteiger partial charge in [0.15, 0.2) is 5.82 Å². The van der Waals surface area contributed by atoms with E-state index < -0.39 is 29.6 Å². The minimum absolute atomic E-state index is 0.0220. The molecule has 0 aliphatic rings. The first-order chi connectivity index (χ1) is 7.47. The Kier molecular flexibility index (Phi) is 3.70. The monoisotopic (exact) mass is 234 g/mol. The van der Waals surface area contributed by atoms with E-state index >= 15 is 0 Å². The summed E-state index contributed by atoms with van der Waals surface area (Å²) in [6.07, 6.45) is -2.42. The summed E-state index contributed by atoms with van der Waals surface area (Å²) in [7, 11) is 1.15. The SMILES string of the molecule is COC(=O)Cc1cnc(C(F)F)c(F)c1N. The number of nitrogen functional groups attached to an aromatic ring is 1. The fourth-order valence-corrected chi connectivity index (χ4v) is 1.07. The number of rotatable bonds is 3. The van der Waals surface area contributed by atoms with Crippen LogP contribution < -0.4 is 5.73 Å². The fraction of sp³-hybridized carbons (Fsp3) is 0.333. The zero-order chi connectivity index (χ0) is 12.3. The van der Waals surface area contributed by atoms with Crippen LogP contribution in [0.2, 0.25) is 0 Å². The average molecular weight is 234 g/mol. The van der Waals surface area contributed by atoms with Gasteiger partial charge >= 0.3 is 5.97 Å². The van der Waals surface area contributed by atoms with Crippen molar-refractivity contribution < 1.29 is 22.7 Å². The Morgan fingerprint density at radius 3 is 2.75 bits per heavy atom. The number of methoxy groups -OCH3 is 1. The van der Waals surface area contributed by atoms with Crippen LogP contribution in [-0.4, -0.2) is 18.1 Å². The summed E-state index contributed by atoms with van der Waals surface area (Å²) in [6, 6.07) is 0. The van der Waals surface area contributed by atoms with Gasteiger partial charge in [0.2, 0.25) is 0 Å². The molecule has 0 saturated heterocycles. The first-order valence-electron chi connectivity index (χ1n) is 4.25. The van der Waals surface area contributed by atoms with Gasteiger partial charge in [0.1, 0.15) is 5.69 Å². The molecule has 4 nitrogen and oxygen atoms in total. The second-order valence-electron chi connectivity index (χ2n) is 2.95. The summed E-state index contributed by atoms with van der Waals surface area (Å²) in [5.74, 6) is -1.95. The van der Waals surface area contributed by atoms with Crippen LogP contribution in [0, 0.1) is 5.82 Å². The van der Waals surface area contributed by atoms with Crippen LogP contribution in [0.4, 0.5) is 18.9 Å². The summed E-state index contributed by atoms with van der Waals surface area (Å²) >= 11 is 0. The molecule has 0 aromatic carbocycles.